The van der Waals surface area contributed by atoms with Crippen LogP contribution in [0.1, 0.15) is 31.2 Å². The van der Waals surface area contributed by atoms with Gasteiger partial charge in [-0.25, -0.2) is 4.79 Å². The van der Waals surface area contributed by atoms with Gasteiger partial charge in [0.15, 0.2) is 0 Å². The molecule has 0 spiro atoms. The van der Waals surface area contributed by atoms with E-state index in [9.17, 15) is 38.7 Å². The zero-order valence-electron chi connectivity index (χ0n) is 21.2. The van der Waals surface area contributed by atoms with Crippen molar-refractivity contribution in [3.63, 3.8) is 0 Å². The Balaban J connectivity index is 2.34. The fraction of sp³-hybridized carbons (Fsp3) is 0.375. The number of nitrogens with one attached hydrogen (secondary N) is 4. The third-order valence-electron chi connectivity index (χ3n) is 5.80. The lowest BCUT2D eigenvalue weighted by atomic mass is 10.0. The third-order valence-corrected chi connectivity index (χ3v) is 5.80. The van der Waals surface area contributed by atoms with Gasteiger partial charge < -0.3 is 48.3 Å². The van der Waals surface area contributed by atoms with E-state index < -0.39 is 78.5 Å². The van der Waals surface area contributed by atoms with E-state index in [-0.39, 0.29) is 19.3 Å². The molecule has 0 radical (unpaired) electrons. The minimum atomic E-state index is -1.80. The highest BCUT2D eigenvalue weighted by Crippen LogP contribution is 2.19. The van der Waals surface area contributed by atoms with Crippen LogP contribution in [0.5, 0.6) is 0 Å². The smallest absolute Gasteiger partial charge is 0.326 e. The van der Waals surface area contributed by atoms with Gasteiger partial charge >= 0.3 is 11.9 Å². The molecule has 12 N–H and O–H groups in total. The highest BCUT2D eigenvalue weighted by atomic mass is 16.4. The first kappa shape index (κ1) is 31.2. The molecule has 1 aromatic carbocycles. The van der Waals surface area contributed by atoms with E-state index in [0.29, 0.717) is 16.5 Å². The first-order chi connectivity index (χ1) is 18.8. The van der Waals surface area contributed by atoms with Gasteiger partial charge in [0.2, 0.25) is 29.5 Å². The Morgan fingerprint density at radius 1 is 0.800 bits per heavy atom. The van der Waals surface area contributed by atoms with E-state index in [0.717, 1.165) is 0 Å². The molecule has 0 aliphatic rings. The molecule has 0 saturated carbocycles. The maximum absolute atomic E-state index is 13.2. The van der Waals surface area contributed by atoms with Crippen molar-refractivity contribution in [2.24, 2.45) is 17.2 Å². The van der Waals surface area contributed by atoms with Crippen molar-refractivity contribution in [3.05, 3.63) is 36.0 Å². The Morgan fingerprint density at radius 3 is 2.00 bits per heavy atom. The van der Waals surface area contributed by atoms with E-state index in [1.165, 1.54) is 0 Å². The molecule has 4 atom stereocenters. The number of carboxylic acids is 2. The molecular formula is C24H31N7O9. The van der Waals surface area contributed by atoms with Crippen LogP contribution in [-0.4, -0.2) is 80.8 Å². The number of fused-ring (bicyclic) bond motifs is 1. The van der Waals surface area contributed by atoms with Crippen LogP contribution in [0.3, 0.4) is 0 Å². The molecular weight excluding hydrogens is 530 g/mol. The van der Waals surface area contributed by atoms with E-state index in [1.807, 2.05) is 0 Å². The second-order valence-electron chi connectivity index (χ2n) is 8.97. The monoisotopic (exact) mass is 561 g/mol. The maximum atomic E-state index is 13.2. The molecule has 2 aromatic rings. The number of para-hydroxylation sites is 1. The molecule has 1 aromatic heterocycles. The Kier molecular flexibility index (Phi) is 11.1. The van der Waals surface area contributed by atoms with Crippen molar-refractivity contribution < 1.29 is 43.8 Å². The normalized spacial score (nSPS) is 13.8. The Hall–Kier alpha value is -4.99. The quantitative estimate of drug-likeness (QED) is 0.101. The summed E-state index contributed by atoms with van der Waals surface area (Å²) in [6.45, 7) is 0. The van der Waals surface area contributed by atoms with Gasteiger partial charge in [-0.3, -0.25) is 28.8 Å². The molecule has 0 aliphatic carbocycles. The van der Waals surface area contributed by atoms with Gasteiger partial charge in [0, 0.05) is 29.9 Å². The number of aromatic nitrogens is 1. The van der Waals surface area contributed by atoms with Crippen LogP contribution < -0.4 is 33.2 Å². The van der Waals surface area contributed by atoms with Gasteiger partial charge in [-0.2, -0.15) is 0 Å². The van der Waals surface area contributed by atoms with Crippen LogP contribution in [0.4, 0.5) is 0 Å². The average Bonchev–Trinajstić information content (AvgIpc) is 3.27. The number of hydrogen-bond acceptors (Lipinski definition) is 8. The molecule has 0 aliphatic heterocycles. The molecule has 0 bridgehead atoms. The molecule has 216 valence electrons. The molecule has 4 unspecified atom stereocenters. The highest BCUT2D eigenvalue weighted by molar-refractivity contribution is 5.96. The van der Waals surface area contributed by atoms with Crippen molar-refractivity contribution in [3.8, 4) is 0 Å². The van der Waals surface area contributed by atoms with Crippen molar-refractivity contribution in [2.75, 3.05) is 0 Å². The number of carboxylic acid groups (broad SMARTS) is 2. The van der Waals surface area contributed by atoms with Gasteiger partial charge in [-0.1, -0.05) is 18.2 Å². The molecule has 16 nitrogen and oxygen atoms in total. The summed E-state index contributed by atoms with van der Waals surface area (Å²) in [5.74, 6) is -7.66. The number of benzene rings is 1. The van der Waals surface area contributed by atoms with Gasteiger partial charge in [0.25, 0.3) is 0 Å². The summed E-state index contributed by atoms with van der Waals surface area (Å²) < 4.78 is 0. The fourth-order valence-electron chi connectivity index (χ4n) is 3.79. The largest absolute Gasteiger partial charge is 0.481 e. The molecule has 1 heterocycles. The molecule has 16 heteroatoms. The van der Waals surface area contributed by atoms with Crippen LogP contribution in [0.25, 0.3) is 10.9 Å². The van der Waals surface area contributed by atoms with E-state index >= 15 is 0 Å². The summed E-state index contributed by atoms with van der Waals surface area (Å²) in [6.07, 6.45) is -0.681. The second kappa shape index (κ2) is 14.2. The summed E-state index contributed by atoms with van der Waals surface area (Å²) in [5, 5.41) is 25.9. The number of nitrogens with two attached hydrogens (primary N) is 3. The lowest BCUT2D eigenvalue weighted by molar-refractivity contribution is -0.147. The maximum Gasteiger partial charge on any atom is 0.326 e. The third kappa shape index (κ3) is 9.39. The summed E-state index contributed by atoms with van der Waals surface area (Å²) >= 11 is 0. The molecule has 0 saturated heterocycles. The van der Waals surface area contributed by atoms with Crippen molar-refractivity contribution in [1.29, 1.82) is 0 Å². The summed E-state index contributed by atoms with van der Waals surface area (Å²) in [5.41, 5.74) is 17.1. The number of amides is 5. The molecule has 0 fully saturated rings. The average molecular weight is 562 g/mol. The van der Waals surface area contributed by atoms with Gasteiger partial charge in [0.1, 0.15) is 18.1 Å². The molecule has 2 rings (SSSR count). The SMILES string of the molecule is NC(=O)CCC(NC(=O)C(N)CC(N)=O)C(=O)NC(Cc1c[nH]c2ccccc12)C(=O)NC(CC(=O)O)C(=O)O. The van der Waals surface area contributed by atoms with Crippen LogP contribution in [0.15, 0.2) is 30.5 Å². The van der Waals surface area contributed by atoms with Crippen LogP contribution in [0, 0.1) is 0 Å². The number of hydrogen-bond donors (Lipinski definition) is 9. The number of aromatic amines is 1. The number of carbonyl (C=O) groups excluding carboxylic acids is 5. The number of primary amides is 2. The van der Waals surface area contributed by atoms with Crippen molar-refractivity contribution >= 4 is 52.4 Å². The standard InChI is InChI=1S/C24H31N7O9/c25-13(8-19(27)33)21(36)29-15(5-6-18(26)32)22(37)30-16(23(38)31-17(24(39)40)9-20(34)35)7-11-10-28-14-4-2-1-3-12(11)14/h1-4,10,13,15-17,28H,5-9,25H2,(H2,26,32)(H2,27,33)(H,29,36)(H,30,37)(H,31,38)(H,34,35)(H,39,40). The van der Waals surface area contributed by atoms with Gasteiger partial charge in [0.05, 0.1) is 18.9 Å². The first-order valence-electron chi connectivity index (χ1n) is 12.0. The number of carbonyl (C=O) groups is 7. The van der Waals surface area contributed by atoms with E-state index in [2.05, 4.69) is 20.9 Å². The highest BCUT2D eigenvalue weighted by Gasteiger charge is 2.32. The lowest BCUT2D eigenvalue weighted by Crippen LogP contribution is -2.58. The topological polar surface area (TPSA) is 290 Å². The zero-order valence-corrected chi connectivity index (χ0v) is 21.2. The van der Waals surface area contributed by atoms with Crippen molar-refractivity contribution in [2.45, 2.75) is 56.3 Å². The van der Waals surface area contributed by atoms with Crippen LogP contribution in [0.2, 0.25) is 0 Å². The minimum absolute atomic E-state index is 0.168. The first-order valence-corrected chi connectivity index (χ1v) is 12.0. The number of H-pyrrole nitrogens is 1. The summed E-state index contributed by atoms with van der Waals surface area (Å²) in [6, 6.07) is 0.936. The van der Waals surface area contributed by atoms with Gasteiger partial charge in [-0.15, -0.1) is 0 Å². The van der Waals surface area contributed by atoms with Gasteiger partial charge in [-0.05, 0) is 18.1 Å². The fourth-order valence-corrected chi connectivity index (χ4v) is 3.79. The number of rotatable bonds is 16. The number of aliphatic carboxylic acids is 2. The lowest BCUT2D eigenvalue weighted by Gasteiger charge is -2.25. The summed E-state index contributed by atoms with van der Waals surface area (Å²) in [7, 11) is 0. The van der Waals surface area contributed by atoms with E-state index in [4.69, 9.17) is 22.3 Å². The second-order valence-corrected chi connectivity index (χ2v) is 8.97. The minimum Gasteiger partial charge on any atom is -0.481 e. The molecule has 40 heavy (non-hydrogen) atoms. The van der Waals surface area contributed by atoms with Crippen LogP contribution in [-0.2, 0) is 40.0 Å². The zero-order chi connectivity index (χ0) is 30.0. The predicted molar refractivity (Wildman–Crippen MR) is 138 cm³/mol. The predicted octanol–water partition coefficient (Wildman–Crippen LogP) is -2.81. The Bertz CT molecular complexity index is 1290. The summed E-state index contributed by atoms with van der Waals surface area (Å²) in [4.78, 5) is 86.9. The molecule has 5 amide bonds. The Morgan fingerprint density at radius 2 is 1.40 bits per heavy atom. The van der Waals surface area contributed by atoms with Crippen LogP contribution >= 0.6 is 0 Å². The van der Waals surface area contributed by atoms with E-state index in [1.54, 1.807) is 30.5 Å². The van der Waals surface area contributed by atoms with Crippen molar-refractivity contribution in [1.82, 2.24) is 20.9 Å². The Labute approximate surface area is 227 Å².